The Hall–Kier alpha value is -4.60. The smallest absolute Gasteiger partial charge is 0.221 e. The van der Waals surface area contributed by atoms with Crippen LogP contribution >= 0.6 is 0 Å². The average Bonchev–Trinajstić information content (AvgIpc) is 3.26. The summed E-state index contributed by atoms with van der Waals surface area (Å²) in [7, 11) is 0. The fraction of sp³-hybridized carbons (Fsp3) is 0.143. The summed E-state index contributed by atoms with van der Waals surface area (Å²) in [6.07, 6.45) is 2.62. The Morgan fingerprint density at radius 2 is 1.84 bits per heavy atom. The van der Waals surface area contributed by atoms with Gasteiger partial charge in [0.2, 0.25) is 5.91 Å². The van der Waals surface area contributed by atoms with Crippen molar-refractivity contribution in [1.29, 1.82) is 0 Å². The van der Waals surface area contributed by atoms with Crippen LogP contribution in [0.1, 0.15) is 29.8 Å². The summed E-state index contributed by atoms with van der Waals surface area (Å²) < 4.78 is 1.98. The lowest BCUT2D eigenvalue weighted by Gasteiger charge is -2.15. The molecule has 0 saturated carbocycles. The van der Waals surface area contributed by atoms with Gasteiger partial charge in [-0.15, -0.1) is 0 Å². The molecule has 0 aliphatic rings. The second-order valence-electron chi connectivity index (χ2n) is 8.82. The van der Waals surface area contributed by atoms with Crippen LogP contribution in [0.2, 0.25) is 0 Å². The van der Waals surface area contributed by atoms with Crippen LogP contribution in [0.3, 0.4) is 0 Å². The van der Waals surface area contributed by atoms with E-state index in [2.05, 4.69) is 20.6 Å². The number of fused-ring (bicyclic) bond motifs is 1. The molecule has 1 atom stereocenters. The third-order valence-electron chi connectivity index (χ3n) is 5.95. The van der Waals surface area contributed by atoms with E-state index in [1.54, 1.807) is 30.5 Å². The SMILES string of the molecule is CC(=O)Nc1ccc(C(O)NCc2ccc(-n3c(-c4cccnc4N)nc4cc(C)cnc43)cc2)cc1. The van der Waals surface area contributed by atoms with E-state index in [-0.39, 0.29) is 5.91 Å². The summed E-state index contributed by atoms with van der Waals surface area (Å²) >= 11 is 0. The molecule has 5 aromatic rings. The summed E-state index contributed by atoms with van der Waals surface area (Å²) in [4.78, 5) is 24.9. The highest BCUT2D eigenvalue weighted by Gasteiger charge is 2.18. The van der Waals surface area contributed by atoms with E-state index >= 15 is 0 Å². The molecule has 3 heterocycles. The summed E-state index contributed by atoms with van der Waals surface area (Å²) in [5.41, 5.74) is 12.7. The van der Waals surface area contributed by atoms with Crippen LogP contribution in [0.25, 0.3) is 28.2 Å². The number of nitrogens with one attached hydrogen (secondary N) is 2. The molecule has 0 radical (unpaired) electrons. The van der Waals surface area contributed by atoms with Gasteiger partial charge in [-0.1, -0.05) is 24.3 Å². The van der Waals surface area contributed by atoms with E-state index in [1.807, 2.05) is 60.2 Å². The second-order valence-corrected chi connectivity index (χ2v) is 8.82. The molecule has 0 bridgehead atoms. The van der Waals surface area contributed by atoms with Crippen LogP contribution in [-0.4, -0.2) is 30.5 Å². The largest absolute Gasteiger partial charge is 0.383 e. The normalized spacial score (nSPS) is 12.0. The van der Waals surface area contributed by atoms with Crippen molar-refractivity contribution in [3.05, 3.63) is 95.8 Å². The third-order valence-corrected chi connectivity index (χ3v) is 5.95. The Kier molecular flexibility index (Phi) is 6.63. The Morgan fingerprint density at radius 3 is 2.54 bits per heavy atom. The van der Waals surface area contributed by atoms with Crippen molar-refractivity contribution in [3.8, 4) is 17.1 Å². The molecule has 0 saturated heterocycles. The lowest BCUT2D eigenvalue weighted by Crippen LogP contribution is -2.20. The average molecular weight is 494 g/mol. The Balaban J connectivity index is 1.38. The quantitative estimate of drug-likeness (QED) is 0.251. The van der Waals surface area contributed by atoms with Crippen LogP contribution in [-0.2, 0) is 11.3 Å². The zero-order chi connectivity index (χ0) is 25.9. The minimum Gasteiger partial charge on any atom is -0.383 e. The number of aliphatic hydroxyl groups excluding tert-OH is 1. The van der Waals surface area contributed by atoms with Gasteiger partial charge in [-0.05, 0) is 66.1 Å². The maximum absolute atomic E-state index is 11.2. The van der Waals surface area contributed by atoms with Crippen LogP contribution in [0, 0.1) is 6.92 Å². The van der Waals surface area contributed by atoms with Crippen LogP contribution < -0.4 is 16.4 Å². The minimum atomic E-state index is -0.851. The minimum absolute atomic E-state index is 0.138. The van der Waals surface area contributed by atoms with Crippen molar-refractivity contribution in [3.63, 3.8) is 0 Å². The number of imidazole rings is 1. The van der Waals surface area contributed by atoms with Crippen molar-refractivity contribution < 1.29 is 9.90 Å². The fourth-order valence-corrected chi connectivity index (χ4v) is 4.14. The van der Waals surface area contributed by atoms with Gasteiger partial charge in [0.1, 0.15) is 17.6 Å². The first-order valence-electron chi connectivity index (χ1n) is 11.8. The molecule has 1 unspecified atom stereocenters. The number of amides is 1. The van der Waals surface area contributed by atoms with Gasteiger partial charge in [-0.25, -0.2) is 15.0 Å². The van der Waals surface area contributed by atoms with Gasteiger partial charge in [0.05, 0.1) is 5.56 Å². The van der Waals surface area contributed by atoms with Gasteiger partial charge in [0.25, 0.3) is 0 Å². The van der Waals surface area contributed by atoms with Crippen molar-refractivity contribution in [2.24, 2.45) is 0 Å². The molecular formula is C28H27N7O2. The molecule has 37 heavy (non-hydrogen) atoms. The number of hydrogen-bond acceptors (Lipinski definition) is 7. The first-order chi connectivity index (χ1) is 17.9. The highest BCUT2D eigenvalue weighted by molar-refractivity contribution is 5.88. The van der Waals surface area contributed by atoms with Gasteiger partial charge in [-0.2, -0.15) is 0 Å². The monoisotopic (exact) mass is 493 g/mol. The van der Waals surface area contributed by atoms with Crippen LogP contribution in [0.15, 0.2) is 79.1 Å². The number of aryl methyl sites for hydroxylation is 1. The topological polar surface area (TPSA) is 131 Å². The summed E-state index contributed by atoms with van der Waals surface area (Å²) in [6, 6.07) is 20.8. The summed E-state index contributed by atoms with van der Waals surface area (Å²) in [6.45, 7) is 3.90. The Bertz CT molecular complexity index is 1560. The maximum atomic E-state index is 11.2. The first kappa shape index (κ1) is 24.1. The highest BCUT2D eigenvalue weighted by atomic mass is 16.3. The third kappa shape index (κ3) is 5.18. The van der Waals surface area contributed by atoms with Crippen molar-refractivity contribution in [1.82, 2.24) is 24.8 Å². The second kappa shape index (κ2) is 10.2. The van der Waals surface area contributed by atoms with E-state index < -0.39 is 6.23 Å². The van der Waals surface area contributed by atoms with Gasteiger partial charge in [0, 0.05) is 37.2 Å². The molecule has 2 aromatic carbocycles. The number of nitrogen functional groups attached to an aromatic ring is 1. The van der Waals surface area contributed by atoms with Crippen molar-refractivity contribution in [2.75, 3.05) is 11.1 Å². The van der Waals surface area contributed by atoms with Crippen molar-refractivity contribution in [2.45, 2.75) is 26.6 Å². The highest BCUT2D eigenvalue weighted by Crippen LogP contribution is 2.30. The number of carbonyl (C=O) groups excluding carboxylic acids is 1. The lowest BCUT2D eigenvalue weighted by molar-refractivity contribution is -0.114. The Labute approximate surface area is 214 Å². The lowest BCUT2D eigenvalue weighted by atomic mass is 10.1. The van der Waals surface area contributed by atoms with Gasteiger partial charge in [0.15, 0.2) is 11.5 Å². The number of rotatable bonds is 7. The number of carbonyl (C=O) groups is 1. The molecule has 0 fully saturated rings. The number of anilines is 2. The Morgan fingerprint density at radius 1 is 1.08 bits per heavy atom. The van der Waals surface area contributed by atoms with E-state index in [9.17, 15) is 9.90 Å². The molecule has 0 aliphatic carbocycles. The number of pyridine rings is 2. The van der Waals surface area contributed by atoms with E-state index in [1.165, 1.54) is 6.92 Å². The van der Waals surface area contributed by atoms with Crippen LogP contribution in [0.5, 0.6) is 0 Å². The zero-order valence-corrected chi connectivity index (χ0v) is 20.5. The zero-order valence-electron chi connectivity index (χ0n) is 20.5. The molecule has 9 nitrogen and oxygen atoms in total. The van der Waals surface area contributed by atoms with Crippen LogP contribution in [0.4, 0.5) is 11.5 Å². The van der Waals surface area contributed by atoms with E-state index in [0.29, 0.717) is 29.4 Å². The molecule has 9 heteroatoms. The molecule has 1 amide bonds. The maximum Gasteiger partial charge on any atom is 0.221 e. The van der Waals surface area contributed by atoms with Gasteiger partial charge in [-0.3, -0.25) is 14.7 Å². The number of aliphatic hydroxyl groups is 1. The molecule has 5 N–H and O–H groups in total. The molecule has 186 valence electrons. The summed E-state index contributed by atoms with van der Waals surface area (Å²) in [5.74, 6) is 0.930. The van der Waals surface area contributed by atoms with Gasteiger partial charge >= 0.3 is 0 Å². The number of nitrogens with zero attached hydrogens (tertiary/aromatic N) is 4. The first-order valence-corrected chi connectivity index (χ1v) is 11.8. The summed E-state index contributed by atoms with van der Waals surface area (Å²) in [5, 5.41) is 16.4. The molecule has 3 aromatic heterocycles. The number of aromatic nitrogens is 4. The molecule has 0 spiro atoms. The standard InChI is InChI=1S/C28H27N7O2/c1-17-14-24-27(31-15-17)35(26(34-24)23-4-3-13-30-25(23)29)22-11-5-19(6-12-22)16-32-28(37)20-7-9-21(10-8-20)33-18(2)36/h3-15,28,32,37H,16H2,1-2H3,(H2,29,30)(H,33,36). The van der Waals surface area contributed by atoms with E-state index in [4.69, 9.17) is 10.7 Å². The van der Waals surface area contributed by atoms with E-state index in [0.717, 1.165) is 33.5 Å². The van der Waals surface area contributed by atoms with Crippen molar-refractivity contribution >= 4 is 28.6 Å². The number of hydrogen-bond donors (Lipinski definition) is 4. The number of benzene rings is 2. The molecule has 5 rings (SSSR count). The molecular weight excluding hydrogens is 466 g/mol. The number of nitrogens with two attached hydrogens (primary N) is 1. The predicted molar refractivity (Wildman–Crippen MR) is 144 cm³/mol. The predicted octanol–water partition coefficient (Wildman–Crippen LogP) is 4.11. The fourth-order valence-electron chi connectivity index (χ4n) is 4.14. The van der Waals surface area contributed by atoms with Gasteiger partial charge < -0.3 is 16.2 Å². The molecule has 0 aliphatic heterocycles.